The van der Waals surface area contributed by atoms with E-state index in [9.17, 15) is 4.89 Å². The van der Waals surface area contributed by atoms with Gasteiger partial charge < -0.3 is 13.9 Å². The first kappa shape index (κ1) is 18.2. The van der Waals surface area contributed by atoms with Crippen LogP contribution in [0.4, 0.5) is 0 Å². The lowest BCUT2D eigenvalue weighted by molar-refractivity contribution is 0.377. The van der Waals surface area contributed by atoms with E-state index in [1.54, 1.807) is 48.5 Å². The third-order valence-electron chi connectivity index (χ3n) is 2.87. The van der Waals surface area contributed by atoms with Crippen molar-refractivity contribution in [3.63, 3.8) is 0 Å². The van der Waals surface area contributed by atoms with Gasteiger partial charge in [0.25, 0.3) is 0 Å². The molecule has 0 atom stereocenters. The quantitative estimate of drug-likeness (QED) is 0.638. The topological polar surface area (TPSA) is 38.7 Å². The van der Waals surface area contributed by atoms with E-state index < -0.39 is 6.72 Å². The predicted octanol–water partition coefficient (Wildman–Crippen LogP) is 5.36. The number of hydrogen-bond acceptors (Lipinski definition) is 3. The average Bonchev–Trinajstić information content (AvgIpc) is 2.57. The molecule has 0 aliphatic carbocycles. The largest absolute Gasteiger partial charge is 0.432 e. The number of hydrogen-bond donors (Lipinski definition) is 1. The highest BCUT2D eigenvalue weighted by Gasteiger charge is 2.18. The second kappa shape index (κ2) is 9.24. The van der Waals surface area contributed by atoms with Crippen LogP contribution in [0.5, 0.6) is 11.5 Å². The summed E-state index contributed by atoms with van der Waals surface area (Å²) in [4.78, 5) is 9.90. The first-order chi connectivity index (χ1) is 11.6. The molecule has 0 radical (unpaired) electrons. The van der Waals surface area contributed by atoms with Crippen molar-refractivity contribution >= 4 is 18.5 Å². The Morgan fingerprint density at radius 2 is 1.00 bits per heavy atom. The molecule has 0 amide bonds. The van der Waals surface area contributed by atoms with Crippen LogP contribution in [-0.4, -0.2) is 4.89 Å². The molecular weight excluding hydrogens is 339 g/mol. The Morgan fingerprint density at radius 1 is 0.667 bits per heavy atom. The number of para-hydroxylation sites is 2. The molecule has 0 saturated heterocycles. The van der Waals surface area contributed by atoms with Gasteiger partial charge in [-0.05, 0) is 31.2 Å². The van der Waals surface area contributed by atoms with E-state index in [1.807, 2.05) is 30.3 Å². The lowest BCUT2D eigenvalue weighted by Gasteiger charge is -2.17. The van der Waals surface area contributed by atoms with Crippen molar-refractivity contribution in [1.82, 2.24) is 0 Å². The lowest BCUT2D eigenvalue weighted by Crippen LogP contribution is -1.99. The summed E-state index contributed by atoms with van der Waals surface area (Å²) in [5.41, 5.74) is 1.32. The molecule has 0 bridgehead atoms. The zero-order valence-electron chi connectivity index (χ0n) is 13.3. The molecule has 0 saturated carbocycles. The van der Waals surface area contributed by atoms with Crippen molar-refractivity contribution in [3.8, 4) is 11.5 Å². The molecule has 0 aliphatic rings. The molecule has 3 aromatic rings. The van der Waals surface area contributed by atoms with Gasteiger partial charge in [0.1, 0.15) is 11.5 Å². The van der Waals surface area contributed by atoms with E-state index in [4.69, 9.17) is 20.9 Å². The minimum absolute atomic E-state index is 0.495. The maximum atomic E-state index is 9.90. The maximum absolute atomic E-state index is 9.90. The molecule has 0 aromatic heterocycles. The number of aryl methyl sites for hydroxylation is 1. The van der Waals surface area contributed by atoms with Crippen molar-refractivity contribution in [2.45, 2.75) is 6.92 Å². The summed E-state index contributed by atoms with van der Waals surface area (Å²) in [6.45, 7) is -1.22. The Hall–Kier alpha value is -2.13. The summed E-state index contributed by atoms with van der Waals surface area (Å²) in [6.07, 6.45) is 0. The first-order valence-electron chi connectivity index (χ1n) is 7.39. The van der Waals surface area contributed by atoms with E-state index in [-0.39, 0.29) is 0 Å². The molecule has 0 heterocycles. The van der Waals surface area contributed by atoms with Crippen LogP contribution < -0.4 is 9.05 Å². The smallest absolute Gasteiger partial charge is 0.416 e. The van der Waals surface area contributed by atoms with E-state index >= 15 is 0 Å². The maximum Gasteiger partial charge on any atom is 0.432 e. The lowest BCUT2D eigenvalue weighted by atomic mass is 10.2. The van der Waals surface area contributed by atoms with Crippen LogP contribution in [0.1, 0.15) is 5.56 Å². The van der Waals surface area contributed by atoms with Gasteiger partial charge in [0.05, 0.1) is 0 Å². The van der Waals surface area contributed by atoms with E-state index in [0.29, 0.717) is 11.5 Å². The van der Waals surface area contributed by atoms with Crippen molar-refractivity contribution in [2.24, 2.45) is 0 Å². The highest BCUT2D eigenvalue weighted by atomic mass is 32.5. The summed E-state index contributed by atoms with van der Waals surface area (Å²) < 4.78 is 10.5. The SMILES string of the molecule is Cc1ccccc1.OP(=S)(Oc1ccccc1)Oc1ccccc1. The van der Waals surface area contributed by atoms with Gasteiger partial charge in [0.2, 0.25) is 0 Å². The van der Waals surface area contributed by atoms with Crippen LogP contribution >= 0.6 is 6.72 Å². The number of benzene rings is 3. The van der Waals surface area contributed by atoms with E-state index in [0.717, 1.165) is 0 Å². The normalized spacial score (nSPS) is 10.2. The summed E-state index contributed by atoms with van der Waals surface area (Å²) >= 11 is 4.93. The molecule has 0 spiro atoms. The van der Waals surface area contributed by atoms with Crippen LogP contribution in [0.15, 0.2) is 91.0 Å². The zero-order valence-corrected chi connectivity index (χ0v) is 15.0. The molecule has 24 heavy (non-hydrogen) atoms. The molecule has 5 heteroatoms. The van der Waals surface area contributed by atoms with Crippen molar-refractivity contribution in [1.29, 1.82) is 0 Å². The molecule has 0 aliphatic heterocycles. The molecule has 3 aromatic carbocycles. The average molecular weight is 358 g/mol. The molecule has 1 N–H and O–H groups in total. The second-order valence-corrected chi connectivity index (χ2v) is 7.62. The Kier molecular flexibility index (Phi) is 7.01. The molecule has 0 fully saturated rings. The van der Waals surface area contributed by atoms with Crippen LogP contribution in [0, 0.1) is 6.92 Å². The second-order valence-electron chi connectivity index (χ2n) is 4.93. The summed E-state index contributed by atoms with van der Waals surface area (Å²) in [5.74, 6) is 0.989. The highest BCUT2D eigenvalue weighted by molar-refractivity contribution is 8.07. The van der Waals surface area contributed by atoms with Crippen LogP contribution in [0.25, 0.3) is 0 Å². The minimum atomic E-state index is -3.30. The Morgan fingerprint density at radius 3 is 1.29 bits per heavy atom. The van der Waals surface area contributed by atoms with Gasteiger partial charge in [-0.1, -0.05) is 72.3 Å². The van der Waals surface area contributed by atoms with Crippen LogP contribution in [0.3, 0.4) is 0 Å². The van der Waals surface area contributed by atoms with Crippen LogP contribution in [0.2, 0.25) is 0 Å². The van der Waals surface area contributed by atoms with Crippen LogP contribution in [-0.2, 0) is 11.8 Å². The Balaban J connectivity index is 0.000000249. The zero-order chi connectivity index (χ0) is 17.3. The van der Waals surface area contributed by atoms with Crippen molar-refractivity contribution < 1.29 is 13.9 Å². The number of rotatable bonds is 4. The van der Waals surface area contributed by atoms with E-state index in [1.165, 1.54) is 5.56 Å². The fourth-order valence-corrected chi connectivity index (χ4v) is 3.11. The first-order valence-corrected chi connectivity index (χ1v) is 9.98. The van der Waals surface area contributed by atoms with Gasteiger partial charge in [-0.3, -0.25) is 0 Å². The van der Waals surface area contributed by atoms with Gasteiger partial charge in [0, 0.05) is 11.8 Å². The fourth-order valence-electron chi connectivity index (χ4n) is 1.78. The van der Waals surface area contributed by atoms with Crippen molar-refractivity contribution in [3.05, 3.63) is 96.6 Å². The minimum Gasteiger partial charge on any atom is -0.416 e. The molecule has 3 rings (SSSR count). The molecule has 0 unspecified atom stereocenters. The molecule has 3 nitrogen and oxygen atoms in total. The van der Waals surface area contributed by atoms with Gasteiger partial charge in [0.15, 0.2) is 0 Å². The predicted molar refractivity (Wildman–Crippen MR) is 102 cm³/mol. The third kappa shape index (κ3) is 6.97. The van der Waals surface area contributed by atoms with E-state index in [2.05, 4.69) is 19.1 Å². The monoisotopic (exact) mass is 358 g/mol. The Bertz CT molecular complexity index is 719. The van der Waals surface area contributed by atoms with Gasteiger partial charge in [-0.2, -0.15) is 0 Å². The standard InChI is InChI=1S/C12H11O3PS.C7H8/c13-16(17,14-11-7-3-1-4-8-11)15-12-9-5-2-6-10-12;1-7-5-3-2-4-6-7/h1-10H,(H,13,17);2-6H,1H3. The van der Waals surface area contributed by atoms with Gasteiger partial charge >= 0.3 is 6.72 Å². The van der Waals surface area contributed by atoms with Crippen molar-refractivity contribution in [2.75, 3.05) is 0 Å². The summed E-state index contributed by atoms with van der Waals surface area (Å²) in [6, 6.07) is 28.0. The Labute approximate surface area is 147 Å². The molecule has 124 valence electrons. The highest BCUT2D eigenvalue weighted by Crippen LogP contribution is 2.44. The fraction of sp³-hybridized carbons (Fsp3) is 0.0526. The third-order valence-corrected chi connectivity index (χ3v) is 4.20. The van der Waals surface area contributed by atoms with Gasteiger partial charge in [-0.25, -0.2) is 0 Å². The van der Waals surface area contributed by atoms with Gasteiger partial charge in [-0.15, -0.1) is 0 Å². The summed E-state index contributed by atoms with van der Waals surface area (Å²) in [5, 5.41) is 0. The summed E-state index contributed by atoms with van der Waals surface area (Å²) in [7, 11) is 0. The molecular formula is C19H19O3PS.